The van der Waals surface area contributed by atoms with E-state index in [-0.39, 0.29) is 23.6 Å². The molecule has 0 spiro atoms. The molecule has 0 bridgehead atoms. The summed E-state index contributed by atoms with van der Waals surface area (Å²) < 4.78 is 5.55. The molecule has 4 heteroatoms. The van der Waals surface area contributed by atoms with Crippen molar-refractivity contribution < 1.29 is 9.53 Å². The van der Waals surface area contributed by atoms with Gasteiger partial charge in [-0.1, -0.05) is 0 Å². The van der Waals surface area contributed by atoms with Crippen LogP contribution in [0.15, 0.2) is 18.3 Å². The molecule has 4 nitrogen and oxygen atoms in total. The molecule has 0 saturated carbocycles. The molecule has 1 aliphatic rings. The van der Waals surface area contributed by atoms with Crippen molar-refractivity contribution >= 4 is 5.91 Å². The molecule has 1 atom stereocenters. The van der Waals surface area contributed by atoms with Crippen molar-refractivity contribution in [2.45, 2.75) is 65.1 Å². The number of rotatable bonds is 3. The standard InChI is InChI=1S/C16H24N2O2/c1-11(2)20-13-6-7-14(17-10-13)15(19)18-12(3)8-9-16(18,4)5/h6-7,10-12H,8-9H2,1-5H3/t12-/m0/s1. The summed E-state index contributed by atoms with van der Waals surface area (Å²) in [6, 6.07) is 3.83. The summed E-state index contributed by atoms with van der Waals surface area (Å²) in [5, 5.41) is 0. The number of likely N-dealkylation sites (tertiary alicyclic amines) is 1. The highest BCUT2D eigenvalue weighted by Crippen LogP contribution is 2.34. The molecule has 1 aliphatic heterocycles. The SMILES string of the molecule is CC(C)Oc1ccc(C(=O)N2[C@@H](C)CCC2(C)C)nc1. The molecule has 1 fully saturated rings. The molecule has 0 unspecified atom stereocenters. The Morgan fingerprint density at radius 3 is 2.60 bits per heavy atom. The Bertz CT molecular complexity index is 480. The number of nitrogens with zero attached hydrogens (tertiary/aromatic N) is 2. The number of pyridine rings is 1. The van der Waals surface area contributed by atoms with Gasteiger partial charge in [-0.2, -0.15) is 0 Å². The normalized spacial score (nSPS) is 21.3. The van der Waals surface area contributed by atoms with Crippen LogP contribution in [0.1, 0.15) is 57.9 Å². The quantitative estimate of drug-likeness (QED) is 0.851. The van der Waals surface area contributed by atoms with Crippen LogP contribution in [0.2, 0.25) is 0 Å². The maximum absolute atomic E-state index is 12.6. The Kier molecular flexibility index (Phi) is 4.02. The molecule has 2 heterocycles. The smallest absolute Gasteiger partial charge is 0.273 e. The van der Waals surface area contributed by atoms with Crippen molar-refractivity contribution in [3.8, 4) is 5.75 Å². The van der Waals surface area contributed by atoms with Gasteiger partial charge in [-0.15, -0.1) is 0 Å². The van der Waals surface area contributed by atoms with Crippen molar-refractivity contribution in [2.75, 3.05) is 0 Å². The van der Waals surface area contributed by atoms with E-state index >= 15 is 0 Å². The molecule has 1 aromatic heterocycles. The van der Waals surface area contributed by atoms with Gasteiger partial charge in [0.05, 0.1) is 12.3 Å². The van der Waals surface area contributed by atoms with Crippen molar-refractivity contribution in [1.29, 1.82) is 0 Å². The summed E-state index contributed by atoms with van der Waals surface area (Å²) in [7, 11) is 0. The summed E-state index contributed by atoms with van der Waals surface area (Å²) in [4.78, 5) is 18.8. The number of aromatic nitrogens is 1. The highest BCUT2D eigenvalue weighted by Gasteiger charge is 2.40. The van der Waals surface area contributed by atoms with Crippen LogP contribution in [0.3, 0.4) is 0 Å². The summed E-state index contributed by atoms with van der Waals surface area (Å²) in [5.41, 5.74) is 0.397. The molecule has 0 radical (unpaired) electrons. The van der Waals surface area contributed by atoms with Crippen molar-refractivity contribution in [3.63, 3.8) is 0 Å². The molecule has 1 amide bonds. The lowest BCUT2D eigenvalue weighted by molar-refractivity contribution is 0.0572. The Balaban J connectivity index is 2.17. The van der Waals surface area contributed by atoms with Gasteiger partial charge in [-0.05, 0) is 59.6 Å². The summed E-state index contributed by atoms with van der Waals surface area (Å²) in [5.74, 6) is 0.710. The van der Waals surface area contributed by atoms with Crippen LogP contribution in [0.25, 0.3) is 0 Å². The molecule has 1 saturated heterocycles. The third-order valence-corrected chi connectivity index (χ3v) is 3.81. The first-order valence-corrected chi connectivity index (χ1v) is 7.27. The van der Waals surface area contributed by atoms with Crippen LogP contribution in [-0.4, -0.2) is 33.5 Å². The summed E-state index contributed by atoms with van der Waals surface area (Å²) in [6.45, 7) is 10.3. The zero-order valence-corrected chi connectivity index (χ0v) is 13.0. The lowest BCUT2D eigenvalue weighted by atomic mass is 10.0. The second-order valence-corrected chi connectivity index (χ2v) is 6.42. The van der Waals surface area contributed by atoms with Gasteiger partial charge in [0.15, 0.2) is 0 Å². The Hall–Kier alpha value is -1.58. The van der Waals surface area contributed by atoms with Crippen LogP contribution >= 0.6 is 0 Å². The number of ether oxygens (including phenoxy) is 1. The highest BCUT2D eigenvalue weighted by atomic mass is 16.5. The Morgan fingerprint density at radius 2 is 2.15 bits per heavy atom. The van der Waals surface area contributed by atoms with E-state index in [2.05, 4.69) is 25.8 Å². The predicted octanol–water partition coefficient (Wildman–Crippen LogP) is 3.27. The second kappa shape index (κ2) is 5.43. The third kappa shape index (κ3) is 2.94. The predicted molar refractivity (Wildman–Crippen MR) is 78.9 cm³/mol. The van der Waals surface area contributed by atoms with Crippen molar-refractivity contribution in [3.05, 3.63) is 24.0 Å². The van der Waals surface area contributed by atoms with Gasteiger partial charge in [-0.25, -0.2) is 4.98 Å². The second-order valence-electron chi connectivity index (χ2n) is 6.42. The Morgan fingerprint density at radius 1 is 1.45 bits per heavy atom. The first-order valence-electron chi connectivity index (χ1n) is 7.27. The van der Waals surface area contributed by atoms with Crippen LogP contribution in [-0.2, 0) is 0 Å². The van der Waals surface area contributed by atoms with Gasteiger partial charge >= 0.3 is 0 Å². The van der Waals surface area contributed by atoms with Crippen LogP contribution < -0.4 is 4.74 Å². The average Bonchev–Trinajstić information content (AvgIpc) is 2.63. The van der Waals surface area contributed by atoms with E-state index < -0.39 is 0 Å². The van der Waals surface area contributed by atoms with Gasteiger partial charge in [0.2, 0.25) is 0 Å². The van der Waals surface area contributed by atoms with Gasteiger partial charge in [0, 0.05) is 11.6 Å². The molecule has 110 valence electrons. The number of amides is 1. The number of hydrogen-bond acceptors (Lipinski definition) is 3. The lowest BCUT2D eigenvalue weighted by Crippen LogP contribution is -2.46. The monoisotopic (exact) mass is 276 g/mol. The fourth-order valence-corrected chi connectivity index (χ4v) is 2.86. The van der Waals surface area contributed by atoms with E-state index in [0.717, 1.165) is 12.8 Å². The first-order chi connectivity index (χ1) is 9.31. The fraction of sp³-hybridized carbons (Fsp3) is 0.625. The zero-order valence-electron chi connectivity index (χ0n) is 13.0. The van der Waals surface area contributed by atoms with Crippen LogP contribution in [0.5, 0.6) is 5.75 Å². The Labute approximate surface area is 121 Å². The van der Waals surface area contributed by atoms with E-state index in [9.17, 15) is 4.79 Å². The van der Waals surface area contributed by atoms with E-state index in [1.807, 2.05) is 24.8 Å². The summed E-state index contributed by atoms with van der Waals surface area (Å²) >= 11 is 0. The molecule has 0 aromatic carbocycles. The third-order valence-electron chi connectivity index (χ3n) is 3.81. The number of hydrogen-bond donors (Lipinski definition) is 0. The minimum absolute atomic E-state index is 0.0103. The maximum Gasteiger partial charge on any atom is 0.273 e. The van der Waals surface area contributed by atoms with Crippen LogP contribution in [0, 0.1) is 0 Å². The molecule has 0 aliphatic carbocycles. The molecule has 1 aromatic rings. The summed E-state index contributed by atoms with van der Waals surface area (Å²) in [6.07, 6.45) is 3.82. The van der Waals surface area contributed by atoms with Crippen molar-refractivity contribution in [2.24, 2.45) is 0 Å². The van der Waals surface area contributed by atoms with Crippen molar-refractivity contribution in [1.82, 2.24) is 9.88 Å². The first kappa shape index (κ1) is 14.8. The number of carbonyl (C=O) groups is 1. The molecule has 0 N–H and O–H groups in total. The largest absolute Gasteiger partial charge is 0.489 e. The topological polar surface area (TPSA) is 42.4 Å². The fourth-order valence-electron chi connectivity index (χ4n) is 2.86. The minimum Gasteiger partial charge on any atom is -0.489 e. The van der Waals surface area contributed by atoms with Gasteiger partial charge in [0.25, 0.3) is 5.91 Å². The highest BCUT2D eigenvalue weighted by molar-refractivity contribution is 5.93. The lowest BCUT2D eigenvalue weighted by Gasteiger charge is -2.34. The maximum atomic E-state index is 12.6. The molecular weight excluding hydrogens is 252 g/mol. The van der Waals surface area contributed by atoms with E-state index in [0.29, 0.717) is 11.4 Å². The van der Waals surface area contributed by atoms with Crippen LogP contribution in [0.4, 0.5) is 0 Å². The van der Waals surface area contributed by atoms with Gasteiger partial charge in [0.1, 0.15) is 11.4 Å². The minimum atomic E-state index is -0.0920. The van der Waals surface area contributed by atoms with E-state index in [4.69, 9.17) is 4.74 Å². The van der Waals surface area contributed by atoms with E-state index in [1.54, 1.807) is 12.3 Å². The molecular formula is C16H24N2O2. The zero-order chi connectivity index (χ0) is 14.9. The number of carbonyl (C=O) groups excluding carboxylic acids is 1. The molecule has 20 heavy (non-hydrogen) atoms. The van der Waals surface area contributed by atoms with Gasteiger partial charge < -0.3 is 9.64 Å². The molecule has 2 rings (SSSR count). The van der Waals surface area contributed by atoms with E-state index in [1.165, 1.54) is 0 Å². The average molecular weight is 276 g/mol. The van der Waals surface area contributed by atoms with Gasteiger partial charge in [-0.3, -0.25) is 4.79 Å².